The maximum atomic E-state index is 10.4. The van der Waals surface area contributed by atoms with Gasteiger partial charge in [-0.2, -0.15) is 14.7 Å². The zero-order valence-electron chi connectivity index (χ0n) is 17.9. The molecule has 0 radical (unpaired) electrons. The molecule has 3 heterocycles. The molecule has 0 unspecified atom stereocenters. The minimum absolute atomic E-state index is 0.109. The van der Waals surface area contributed by atoms with Gasteiger partial charge in [-0.25, -0.2) is 4.99 Å². The average molecular weight is 420 g/mol. The lowest BCUT2D eigenvalue weighted by molar-refractivity contribution is 0.0526. The van der Waals surface area contributed by atoms with Gasteiger partial charge < -0.3 is 14.8 Å². The van der Waals surface area contributed by atoms with Crippen LogP contribution in [0.1, 0.15) is 50.5 Å². The van der Waals surface area contributed by atoms with Gasteiger partial charge in [0.15, 0.2) is 11.3 Å². The number of morpholine rings is 1. The van der Waals surface area contributed by atoms with Crippen LogP contribution in [-0.4, -0.2) is 45.7 Å². The van der Waals surface area contributed by atoms with Crippen LogP contribution in [0.2, 0.25) is 0 Å². The second kappa shape index (κ2) is 8.67. The zero-order chi connectivity index (χ0) is 21.2. The van der Waals surface area contributed by atoms with Gasteiger partial charge in [0.05, 0.1) is 24.0 Å². The van der Waals surface area contributed by atoms with Gasteiger partial charge in [0.25, 0.3) is 0 Å². The Kier molecular flexibility index (Phi) is 5.59. The van der Waals surface area contributed by atoms with Crippen molar-refractivity contribution in [1.29, 1.82) is 0 Å². The summed E-state index contributed by atoms with van der Waals surface area (Å²) in [7, 11) is 0. The van der Waals surface area contributed by atoms with Gasteiger partial charge in [0, 0.05) is 19.3 Å². The zero-order valence-corrected chi connectivity index (χ0v) is 17.9. The highest BCUT2D eigenvalue weighted by Gasteiger charge is 2.22. The van der Waals surface area contributed by atoms with Crippen molar-refractivity contribution in [2.75, 3.05) is 24.6 Å². The molecule has 4 aliphatic rings. The van der Waals surface area contributed by atoms with Crippen molar-refractivity contribution in [3.63, 3.8) is 0 Å². The fraction of sp³-hybridized carbons (Fsp3) is 0.458. The van der Waals surface area contributed by atoms with Crippen LogP contribution in [0.5, 0.6) is 0 Å². The maximum Gasteiger partial charge on any atom is 0.229 e. The summed E-state index contributed by atoms with van der Waals surface area (Å²) in [6, 6.07) is 12.2. The number of rotatable bonds is 3. The molecule has 1 saturated heterocycles. The van der Waals surface area contributed by atoms with E-state index in [4.69, 9.17) is 14.7 Å². The van der Waals surface area contributed by atoms with Crippen LogP contribution in [0.25, 0.3) is 11.4 Å². The molecule has 31 heavy (non-hydrogen) atoms. The van der Waals surface area contributed by atoms with Crippen molar-refractivity contribution < 1.29 is 9.94 Å². The molecule has 2 fully saturated rings. The van der Waals surface area contributed by atoms with Crippen LogP contribution in [-0.2, 0) is 4.74 Å². The topological polar surface area (TPSA) is 75.8 Å². The molecule has 7 heteroatoms. The van der Waals surface area contributed by atoms with Gasteiger partial charge >= 0.3 is 0 Å². The second-order valence-electron chi connectivity index (χ2n) is 8.60. The summed E-state index contributed by atoms with van der Waals surface area (Å²) in [6.07, 6.45) is 8.26. The Morgan fingerprint density at radius 1 is 1.06 bits per heavy atom. The number of hydrogen-bond donors (Lipinski definition) is 1. The smallest absolute Gasteiger partial charge is 0.229 e. The fourth-order valence-electron chi connectivity index (χ4n) is 4.66. The van der Waals surface area contributed by atoms with E-state index in [-0.39, 0.29) is 6.10 Å². The summed E-state index contributed by atoms with van der Waals surface area (Å²) in [4.78, 5) is 16.3. The van der Waals surface area contributed by atoms with Gasteiger partial charge in [-0.05, 0) is 55.5 Å². The molecular weight excluding hydrogens is 390 g/mol. The molecule has 0 spiro atoms. The maximum absolute atomic E-state index is 10.4. The first-order valence-electron chi connectivity index (χ1n) is 11.3. The number of nitrogens with zero attached hydrogens (tertiary/aromatic N) is 5. The normalized spacial score (nSPS) is 21.0. The lowest BCUT2D eigenvalue weighted by Gasteiger charge is -2.31. The molecule has 0 aromatic heterocycles. The SMILES string of the molecule is C[C@@H]1CN(c2nc3n(O)cccc-3c(=Nc3ccc(C4CCCCC4)cc3)n2)CCO1. The largest absolute Gasteiger partial charge is 0.427 e. The predicted molar refractivity (Wildman–Crippen MR) is 119 cm³/mol. The first-order chi connectivity index (χ1) is 15.2. The first-order valence-corrected chi connectivity index (χ1v) is 11.3. The number of anilines is 1. The monoisotopic (exact) mass is 419 g/mol. The fourth-order valence-corrected chi connectivity index (χ4v) is 4.66. The number of pyridine rings is 1. The second-order valence-corrected chi connectivity index (χ2v) is 8.60. The third-order valence-corrected chi connectivity index (χ3v) is 6.33. The van der Waals surface area contributed by atoms with Crippen LogP contribution < -0.4 is 10.4 Å². The van der Waals surface area contributed by atoms with Gasteiger partial charge in [0.1, 0.15) is 0 Å². The van der Waals surface area contributed by atoms with E-state index in [9.17, 15) is 5.21 Å². The van der Waals surface area contributed by atoms with E-state index in [2.05, 4.69) is 34.1 Å². The molecule has 1 aliphatic carbocycles. The Labute approximate surface area is 182 Å². The summed E-state index contributed by atoms with van der Waals surface area (Å²) < 4.78 is 6.69. The van der Waals surface area contributed by atoms with Gasteiger partial charge in [-0.3, -0.25) is 0 Å². The average Bonchev–Trinajstić information content (AvgIpc) is 2.81. The molecule has 1 aromatic rings. The number of fused-ring (bicyclic) bond motifs is 1. The van der Waals surface area contributed by atoms with E-state index in [1.807, 2.05) is 13.0 Å². The molecule has 162 valence electrons. The van der Waals surface area contributed by atoms with E-state index in [1.165, 1.54) is 37.7 Å². The Bertz CT molecular complexity index is 1070. The summed E-state index contributed by atoms with van der Waals surface area (Å²) in [5, 5.41) is 10.4. The highest BCUT2D eigenvalue weighted by Crippen LogP contribution is 2.33. The number of aromatic nitrogens is 3. The summed E-state index contributed by atoms with van der Waals surface area (Å²) in [5.74, 6) is 1.68. The predicted octanol–water partition coefficient (Wildman–Crippen LogP) is 4.13. The number of benzene rings is 1. The van der Waals surface area contributed by atoms with Crippen LogP contribution in [0, 0.1) is 0 Å². The lowest BCUT2D eigenvalue weighted by Crippen LogP contribution is -2.43. The summed E-state index contributed by atoms with van der Waals surface area (Å²) >= 11 is 0. The van der Waals surface area contributed by atoms with Crippen molar-refractivity contribution in [2.24, 2.45) is 4.99 Å². The Hall–Kier alpha value is -2.93. The van der Waals surface area contributed by atoms with E-state index in [0.29, 0.717) is 48.4 Å². The lowest BCUT2D eigenvalue weighted by atomic mass is 9.84. The first kappa shape index (κ1) is 20.0. The van der Waals surface area contributed by atoms with Crippen molar-refractivity contribution in [3.05, 3.63) is 53.6 Å². The Balaban J connectivity index is 1.53. The molecule has 1 N–H and O–H groups in total. The molecule has 1 atom stereocenters. The number of hydrogen-bond acceptors (Lipinski definition) is 6. The van der Waals surface area contributed by atoms with Crippen LogP contribution in [0.3, 0.4) is 0 Å². The van der Waals surface area contributed by atoms with Gasteiger partial charge in [-0.15, -0.1) is 0 Å². The molecule has 5 rings (SSSR count). The van der Waals surface area contributed by atoms with Crippen molar-refractivity contribution in [2.45, 2.75) is 51.0 Å². The minimum atomic E-state index is 0.109. The molecule has 3 aliphatic heterocycles. The third-order valence-electron chi connectivity index (χ3n) is 6.33. The van der Waals surface area contributed by atoms with Gasteiger partial charge in [0.2, 0.25) is 5.95 Å². The Morgan fingerprint density at radius 2 is 1.87 bits per heavy atom. The molecule has 1 saturated carbocycles. The Morgan fingerprint density at radius 3 is 2.65 bits per heavy atom. The molecular formula is C24H29N5O2. The minimum Gasteiger partial charge on any atom is -0.427 e. The molecule has 1 aromatic carbocycles. The van der Waals surface area contributed by atoms with E-state index < -0.39 is 0 Å². The van der Waals surface area contributed by atoms with Gasteiger partial charge in [-0.1, -0.05) is 31.4 Å². The van der Waals surface area contributed by atoms with Crippen LogP contribution >= 0.6 is 0 Å². The van der Waals surface area contributed by atoms with E-state index in [0.717, 1.165) is 10.4 Å². The molecule has 0 amide bonds. The highest BCUT2D eigenvalue weighted by atomic mass is 16.5. The standard InChI is InChI=1S/C24H29N5O2/c1-17-16-28(14-15-31-17)24-26-22(21-8-5-13-29(30)23(21)27-24)25-20-11-9-19(10-12-20)18-6-3-2-4-7-18/h5,8-13,17-18,30H,2-4,6-7,14-16H2,1H3/t17-/m1/s1. The van der Waals surface area contributed by atoms with Crippen molar-refractivity contribution in [1.82, 2.24) is 14.7 Å². The highest BCUT2D eigenvalue weighted by molar-refractivity contribution is 5.58. The molecule has 7 nitrogen and oxygen atoms in total. The van der Waals surface area contributed by atoms with Crippen molar-refractivity contribution in [3.8, 4) is 11.4 Å². The summed E-state index contributed by atoms with van der Waals surface area (Å²) in [5.41, 5.74) is 3.54. The summed E-state index contributed by atoms with van der Waals surface area (Å²) in [6.45, 7) is 4.09. The molecule has 0 bridgehead atoms. The quantitative estimate of drug-likeness (QED) is 0.646. The van der Waals surface area contributed by atoms with Crippen LogP contribution in [0.4, 0.5) is 11.6 Å². The van der Waals surface area contributed by atoms with Crippen LogP contribution in [0.15, 0.2) is 47.6 Å². The van der Waals surface area contributed by atoms with E-state index >= 15 is 0 Å². The number of ether oxygens (including phenoxy) is 1. The third kappa shape index (κ3) is 4.28. The van der Waals surface area contributed by atoms with E-state index in [1.54, 1.807) is 12.3 Å². The van der Waals surface area contributed by atoms with Crippen molar-refractivity contribution >= 4 is 11.6 Å².